The second kappa shape index (κ2) is 8.53. The molecule has 0 fully saturated rings. The molecule has 0 atom stereocenters. The molecule has 0 unspecified atom stereocenters. The van der Waals surface area contributed by atoms with Gasteiger partial charge in [-0.3, -0.25) is 4.79 Å². The molecule has 0 saturated heterocycles. The van der Waals surface area contributed by atoms with Crippen LogP contribution in [0.4, 0.5) is 11.4 Å². The van der Waals surface area contributed by atoms with Crippen molar-refractivity contribution in [1.29, 1.82) is 0 Å². The fourth-order valence-electron chi connectivity index (χ4n) is 2.14. The van der Waals surface area contributed by atoms with Crippen molar-refractivity contribution in [2.45, 2.75) is 33.4 Å². The van der Waals surface area contributed by atoms with Crippen LogP contribution >= 0.6 is 31.9 Å². The Morgan fingerprint density at radius 3 is 2.12 bits per heavy atom. The van der Waals surface area contributed by atoms with E-state index < -0.39 is 0 Å². The van der Waals surface area contributed by atoms with Gasteiger partial charge in [-0.05, 0) is 87.7 Å². The van der Waals surface area contributed by atoms with Gasteiger partial charge in [-0.1, -0.05) is 0 Å². The van der Waals surface area contributed by atoms with Crippen LogP contribution in [0, 0.1) is 0 Å². The monoisotopic (exact) mass is 454 g/mol. The van der Waals surface area contributed by atoms with E-state index in [2.05, 4.69) is 42.5 Å². The Bertz CT molecular complexity index is 692. The predicted octanol–water partition coefficient (Wildman–Crippen LogP) is 5.57. The smallest absolute Gasteiger partial charge is 0.221 e. The summed E-state index contributed by atoms with van der Waals surface area (Å²) in [7, 11) is 0. The van der Waals surface area contributed by atoms with Crippen LogP contribution in [0.3, 0.4) is 0 Å². The van der Waals surface area contributed by atoms with Crippen LogP contribution in [0.15, 0.2) is 45.3 Å². The van der Waals surface area contributed by atoms with Crippen molar-refractivity contribution in [3.63, 3.8) is 0 Å². The van der Waals surface area contributed by atoms with Crippen molar-refractivity contribution in [2.75, 3.05) is 10.6 Å². The molecular formula is C18H20Br2N2O2. The molecule has 24 heavy (non-hydrogen) atoms. The van der Waals surface area contributed by atoms with E-state index in [-0.39, 0.29) is 12.0 Å². The van der Waals surface area contributed by atoms with Crippen LogP contribution in [0.1, 0.15) is 26.3 Å². The Morgan fingerprint density at radius 1 is 1.08 bits per heavy atom. The molecule has 0 heterocycles. The standard InChI is InChI=1S/C18H20Br2N2O2/c1-11(2)24-18-16(19)8-13(9-17(18)20)10-21-14-4-6-15(7-5-14)22-12(3)23/h4-9,11,21H,10H2,1-3H3,(H,22,23). The first-order valence-corrected chi connectivity index (χ1v) is 9.20. The van der Waals surface area contributed by atoms with Gasteiger partial charge < -0.3 is 15.4 Å². The van der Waals surface area contributed by atoms with Crippen LogP contribution in [0.5, 0.6) is 5.75 Å². The maximum atomic E-state index is 11.0. The lowest BCUT2D eigenvalue weighted by molar-refractivity contribution is -0.114. The van der Waals surface area contributed by atoms with E-state index in [0.29, 0.717) is 6.54 Å². The molecule has 0 radical (unpaired) electrons. The SMILES string of the molecule is CC(=O)Nc1ccc(NCc2cc(Br)c(OC(C)C)c(Br)c2)cc1. The summed E-state index contributed by atoms with van der Waals surface area (Å²) in [6.45, 7) is 6.17. The molecule has 1 amide bonds. The average Bonchev–Trinajstić information content (AvgIpc) is 2.49. The summed E-state index contributed by atoms with van der Waals surface area (Å²) in [5, 5.41) is 6.11. The lowest BCUT2D eigenvalue weighted by Gasteiger charge is -2.15. The van der Waals surface area contributed by atoms with Gasteiger partial charge in [-0.15, -0.1) is 0 Å². The number of ether oxygens (including phenoxy) is 1. The lowest BCUT2D eigenvalue weighted by Crippen LogP contribution is -2.07. The number of carbonyl (C=O) groups is 1. The first-order valence-electron chi connectivity index (χ1n) is 7.61. The molecule has 2 aromatic carbocycles. The maximum Gasteiger partial charge on any atom is 0.221 e. The zero-order chi connectivity index (χ0) is 17.7. The summed E-state index contributed by atoms with van der Waals surface area (Å²) in [5.41, 5.74) is 2.89. The summed E-state index contributed by atoms with van der Waals surface area (Å²) < 4.78 is 7.63. The van der Waals surface area contributed by atoms with Gasteiger partial charge in [0.05, 0.1) is 15.0 Å². The second-order valence-electron chi connectivity index (χ2n) is 5.67. The normalized spacial score (nSPS) is 10.6. The van der Waals surface area contributed by atoms with Gasteiger partial charge in [0.15, 0.2) is 0 Å². The highest BCUT2D eigenvalue weighted by molar-refractivity contribution is 9.11. The van der Waals surface area contributed by atoms with Crippen LogP contribution in [0.25, 0.3) is 0 Å². The molecular weight excluding hydrogens is 436 g/mol. The molecule has 0 bridgehead atoms. The number of halogens is 2. The van der Waals surface area contributed by atoms with Gasteiger partial charge in [0.1, 0.15) is 5.75 Å². The zero-order valence-corrected chi connectivity index (χ0v) is 17.0. The summed E-state index contributed by atoms with van der Waals surface area (Å²) in [6.07, 6.45) is 0.115. The number of anilines is 2. The Labute approximate surface area is 159 Å². The predicted molar refractivity (Wildman–Crippen MR) is 106 cm³/mol. The number of carbonyl (C=O) groups excluding carboxylic acids is 1. The Hall–Kier alpha value is -1.53. The van der Waals surface area contributed by atoms with Gasteiger partial charge in [0.25, 0.3) is 0 Å². The summed E-state index contributed by atoms with van der Waals surface area (Å²) in [4.78, 5) is 11.0. The quantitative estimate of drug-likeness (QED) is 0.598. The molecule has 0 aliphatic carbocycles. The van der Waals surface area contributed by atoms with Crippen molar-refractivity contribution in [1.82, 2.24) is 0 Å². The number of benzene rings is 2. The summed E-state index contributed by atoms with van der Waals surface area (Å²) >= 11 is 7.12. The van der Waals surface area contributed by atoms with E-state index in [4.69, 9.17) is 4.74 Å². The minimum Gasteiger partial charge on any atom is -0.489 e. The molecule has 0 aliphatic rings. The zero-order valence-electron chi connectivity index (χ0n) is 13.8. The number of rotatable bonds is 6. The van der Waals surface area contributed by atoms with Gasteiger partial charge in [-0.25, -0.2) is 0 Å². The van der Waals surface area contributed by atoms with Crippen molar-refractivity contribution in [3.05, 3.63) is 50.9 Å². The van der Waals surface area contributed by atoms with Crippen LogP contribution < -0.4 is 15.4 Å². The minimum atomic E-state index is -0.0749. The maximum absolute atomic E-state index is 11.0. The van der Waals surface area contributed by atoms with Gasteiger partial charge in [-0.2, -0.15) is 0 Å². The van der Waals surface area contributed by atoms with E-state index in [0.717, 1.165) is 31.6 Å². The third kappa shape index (κ3) is 5.53. The van der Waals surface area contributed by atoms with Crippen LogP contribution in [-0.4, -0.2) is 12.0 Å². The molecule has 4 nitrogen and oxygen atoms in total. The first-order chi connectivity index (χ1) is 11.3. The largest absolute Gasteiger partial charge is 0.489 e. The molecule has 0 aliphatic heterocycles. The number of hydrogen-bond donors (Lipinski definition) is 2. The third-order valence-electron chi connectivity index (χ3n) is 3.11. The molecule has 2 rings (SSSR count). The fourth-order valence-corrected chi connectivity index (χ4v) is 3.61. The van der Waals surface area contributed by atoms with E-state index in [1.165, 1.54) is 6.92 Å². The van der Waals surface area contributed by atoms with Crippen LogP contribution in [-0.2, 0) is 11.3 Å². The minimum absolute atomic E-state index is 0.0749. The third-order valence-corrected chi connectivity index (χ3v) is 4.29. The molecule has 2 aromatic rings. The summed E-state index contributed by atoms with van der Waals surface area (Å²) in [6, 6.07) is 11.7. The van der Waals surface area contributed by atoms with Gasteiger partial charge in [0.2, 0.25) is 5.91 Å². The Morgan fingerprint density at radius 2 is 1.62 bits per heavy atom. The highest BCUT2D eigenvalue weighted by atomic mass is 79.9. The molecule has 6 heteroatoms. The van der Waals surface area contributed by atoms with Gasteiger partial charge >= 0.3 is 0 Å². The lowest BCUT2D eigenvalue weighted by atomic mass is 10.2. The Kier molecular flexibility index (Phi) is 6.69. The van der Waals surface area contributed by atoms with E-state index in [1.54, 1.807) is 0 Å². The molecule has 0 spiro atoms. The topological polar surface area (TPSA) is 50.4 Å². The highest BCUT2D eigenvalue weighted by Gasteiger charge is 2.10. The van der Waals surface area contributed by atoms with E-state index in [1.807, 2.05) is 50.2 Å². The number of nitrogens with one attached hydrogen (secondary N) is 2. The van der Waals surface area contributed by atoms with E-state index >= 15 is 0 Å². The first kappa shape index (κ1) is 18.8. The van der Waals surface area contributed by atoms with Crippen molar-refractivity contribution >= 4 is 49.1 Å². The highest BCUT2D eigenvalue weighted by Crippen LogP contribution is 2.35. The second-order valence-corrected chi connectivity index (χ2v) is 7.38. The Balaban J connectivity index is 2.02. The molecule has 128 valence electrons. The van der Waals surface area contributed by atoms with Crippen molar-refractivity contribution in [2.24, 2.45) is 0 Å². The summed E-state index contributed by atoms with van der Waals surface area (Å²) in [5.74, 6) is 0.738. The van der Waals surface area contributed by atoms with Crippen molar-refractivity contribution in [3.8, 4) is 5.75 Å². The molecule has 2 N–H and O–H groups in total. The fraction of sp³-hybridized carbons (Fsp3) is 0.278. The number of amides is 1. The van der Waals surface area contributed by atoms with Crippen LogP contribution in [0.2, 0.25) is 0 Å². The average molecular weight is 456 g/mol. The van der Waals surface area contributed by atoms with Gasteiger partial charge in [0, 0.05) is 24.8 Å². The van der Waals surface area contributed by atoms with Crippen molar-refractivity contribution < 1.29 is 9.53 Å². The van der Waals surface area contributed by atoms with E-state index in [9.17, 15) is 4.79 Å². The molecule has 0 saturated carbocycles. The number of hydrogen-bond acceptors (Lipinski definition) is 3. The molecule has 0 aromatic heterocycles.